The van der Waals surface area contributed by atoms with Crippen molar-refractivity contribution in [3.8, 4) is 33.9 Å². The fourth-order valence-electron chi connectivity index (χ4n) is 3.52. The molecule has 6 heteroatoms. The van der Waals surface area contributed by atoms with Crippen molar-refractivity contribution in [2.75, 3.05) is 0 Å². The van der Waals surface area contributed by atoms with Crippen LogP contribution in [-0.2, 0) is 6.61 Å². The van der Waals surface area contributed by atoms with E-state index in [-0.39, 0.29) is 6.61 Å². The van der Waals surface area contributed by atoms with Crippen molar-refractivity contribution in [2.24, 2.45) is 0 Å². The molecule has 30 heavy (non-hydrogen) atoms. The van der Waals surface area contributed by atoms with Crippen LogP contribution in [0.25, 0.3) is 44.9 Å². The molecule has 4 heterocycles. The summed E-state index contributed by atoms with van der Waals surface area (Å²) in [6.45, 7) is 1.95. The van der Waals surface area contributed by atoms with Crippen molar-refractivity contribution in [3.05, 3.63) is 84.4 Å². The fourth-order valence-corrected chi connectivity index (χ4v) is 3.52. The van der Waals surface area contributed by atoms with E-state index in [9.17, 15) is 5.11 Å². The van der Waals surface area contributed by atoms with E-state index < -0.39 is 0 Å². The highest BCUT2D eigenvalue weighted by molar-refractivity contribution is 5.92. The number of pyridine rings is 2. The molecule has 6 nitrogen and oxygen atoms in total. The summed E-state index contributed by atoms with van der Waals surface area (Å²) in [7, 11) is 0. The van der Waals surface area contributed by atoms with Gasteiger partial charge in [-0.25, -0.2) is 15.0 Å². The van der Waals surface area contributed by atoms with Crippen LogP contribution >= 0.6 is 0 Å². The molecule has 2 N–H and O–H groups in total. The number of rotatable bonds is 4. The van der Waals surface area contributed by atoms with Crippen molar-refractivity contribution >= 4 is 11.0 Å². The molecule has 0 bridgehead atoms. The summed E-state index contributed by atoms with van der Waals surface area (Å²) < 4.78 is 0. The Balaban J connectivity index is 1.67. The summed E-state index contributed by atoms with van der Waals surface area (Å²) in [5.74, 6) is 0.566. The minimum absolute atomic E-state index is 0.00366. The number of aromatic nitrogens is 5. The van der Waals surface area contributed by atoms with E-state index in [0.717, 1.165) is 50.4 Å². The van der Waals surface area contributed by atoms with Crippen LogP contribution in [0.1, 0.15) is 11.3 Å². The first-order valence-electron chi connectivity index (χ1n) is 9.66. The molecule has 5 rings (SSSR count). The molecule has 0 atom stereocenters. The lowest BCUT2D eigenvalue weighted by Crippen LogP contribution is -1.97. The van der Waals surface area contributed by atoms with Crippen molar-refractivity contribution in [3.63, 3.8) is 0 Å². The monoisotopic (exact) mass is 393 g/mol. The van der Waals surface area contributed by atoms with Crippen LogP contribution in [-0.4, -0.2) is 30.0 Å². The summed E-state index contributed by atoms with van der Waals surface area (Å²) in [6, 6.07) is 17.7. The summed E-state index contributed by atoms with van der Waals surface area (Å²) in [6.07, 6.45) is 5.48. The predicted molar refractivity (Wildman–Crippen MR) is 116 cm³/mol. The molecular formula is C24H19N5O. The maximum atomic E-state index is 9.45. The van der Waals surface area contributed by atoms with E-state index in [2.05, 4.69) is 26.0 Å². The summed E-state index contributed by atoms with van der Waals surface area (Å²) in [5, 5.41) is 10.4. The summed E-state index contributed by atoms with van der Waals surface area (Å²) >= 11 is 0. The average molecular weight is 393 g/mol. The number of aliphatic hydroxyl groups excluding tert-OH is 1. The number of aryl methyl sites for hydroxylation is 1. The molecule has 146 valence electrons. The molecule has 0 radical (unpaired) electrons. The van der Waals surface area contributed by atoms with E-state index in [1.807, 2.05) is 74.0 Å². The Morgan fingerprint density at radius 3 is 2.60 bits per heavy atom. The Labute approximate surface area is 173 Å². The third kappa shape index (κ3) is 3.33. The molecule has 0 spiro atoms. The zero-order chi connectivity index (χ0) is 20.5. The number of aromatic amines is 1. The van der Waals surface area contributed by atoms with Gasteiger partial charge in [-0.2, -0.15) is 0 Å². The number of aliphatic hydroxyl groups is 1. The van der Waals surface area contributed by atoms with Crippen molar-refractivity contribution in [1.82, 2.24) is 24.9 Å². The van der Waals surface area contributed by atoms with Gasteiger partial charge in [-0.15, -0.1) is 0 Å². The summed E-state index contributed by atoms with van der Waals surface area (Å²) in [4.78, 5) is 21.7. The largest absolute Gasteiger partial charge is 0.392 e. The molecule has 0 saturated carbocycles. The van der Waals surface area contributed by atoms with E-state index in [4.69, 9.17) is 4.98 Å². The Morgan fingerprint density at radius 1 is 0.867 bits per heavy atom. The van der Waals surface area contributed by atoms with Gasteiger partial charge >= 0.3 is 0 Å². The molecule has 0 saturated heterocycles. The van der Waals surface area contributed by atoms with Crippen molar-refractivity contribution in [1.29, 1.82) is 0 Å². The van der Waals surface area contributed by atoms with Gasteiger partial charge in [0.25, 0.3) is 0 Å². The Kier molecular flexibility index (Phi) is 4.53. The van der Waals surface area contributed by atoms with E-state index in [1.165, 1.54) is 0 Å². The van der Waals surface area contributed by atoms with Crippen molar-refractivity contribution in [2.45, 2.75) is 13.5 Å². The highest BCUT2D eigenvalue weighted by atomic mass is 16.3. The van der Waals surface area contributed by atoms with E-state index in [1.54, 1.807) is 0 Å². The lowest BCUT2D eigenvalue weighted by Gasteiger charge is -2.09. The SMILES string of the molecule is Cc1cccc(-c2nc(-c3cncc(-c4cccc(CO)c4)c3)c3cc[nH]c3n2)n1. The van der Waals surface area contributed by atoms with Crippen LogP contribution < -0.4 is 0 Å². The number of nitrogens with one attached hydrogen (secondary N) is 1. The molecule has 4 aromatic heterocycles. The van der Waals surface area contributed by atoms with Crippen LogP contribution in [0.15, 0.2) is 73.2 Å². The third-order valence-corrected chi connectivity index (χ3v) is 4.99. The first-order valence-corrected chi connectivity index (χ1v) is 9.66. The summed E-state index contributed by atoms with van der Waals surface area (Å²) in [5.41, 5.74) is 6.90. The van der Waals surface area contributed by atoms with Crippen LogP contribution in [0.3, 0.4) is 0 Å². The Bertz CT molecular complexity index is 1360. The van der Waals surface area contributed by atoms with Crippen LogP contribution in [0.2, 0.25) is 0 Å². The van der Waals surface area contributed by atoms with Gasteiger partial charge in [-0.1, -0.05) is 24.3 Å². The molecular weight excluding hydrogens is 374 g/mol. The number of fused-ring (bicyclic) bond motifs is 1. The lowest BCUT2D eigenvalue weighted by molar-refractivity contribution is 0.282. The predicted octanol–water partition coefficient (Wildman–Crippen LogP) is 4.55. The molecule has 0 fully saturated rings. The Hall–Kier alpha value is -3.90. The number of nitrogens with zero attached hydrogens (tertiary/aromatic N) is 4. The number of hydrogen-bond acceptors (Lipinski definition) is 5. The highest BCUT2D eigenvalue weighted by Gasteiger charge is 2.14. The first-order chi connectivity index (χ1) is 14.7. The Morgan fingerprint density at radius 2 is 1.73 bits per heavy atom. The minimum atomic E-state index is 0.00366. The number of benzene rings is 1. The number of H-pyrrole nitrogens is 1. The van der Waals surface area contributed by atoms with Gasteiger partial charge in [0.1, 0.15) is 11.3 Å². The van der Waals surface area contributed by atoms with Crippen molar-refractivity contribution < 1.29 is 5.11 Å². The van der Waals surface area contributed by atoms with Crippen LogP contribution in [0, 0.1) is 6.92 Å². The third-order valence-electron chi connectivity index (χ3n) is 4.99. The first kappa shape index (κ1) is 18.1. The van der Waals surface area contributed by atoms with Gasteiger partial charge in [0.15, 0.2) is 5.82 Å². The maximum absolute atomic E-state index is 9.45. The van der Waals surface area contributed by atoms with E-state index >= 15 is 0 Å². The highest BCUT2D eigenvalue weighted by Crippen LogP contribution is 2.30. The molecule has 5 aromatic rings. The van der Waals surface area contributed by atoms with Crippen LogP contribution in [0.5, 0.6) is 0 Å². The molecule has 0 amide bonds. The fraction of sp³-hybridized carbons (Fsp3) is 0.0833. The maximum Gasteiger partial charge on any atom is 0.180 e. The van der Waals surface area contributed by atoms with Gasteiger partial charge in [-0.05, 0) is 48.4 Å². The average Bonchev–Trinajstić information content (AvgIpc) is 3.27. The minimum Gasteiger partial charge on any atom is -0.392 e. The molecule has 0 aliphatic rings. The van der Waals surface area contributed by atoms with Gasteiger partial charge in [-0.3, -0.25) is 4.98 Å². The van der Waals surface area contributed by atoms with Gasteiger partial charge in [0, 0.05) is 40.8 Å². The normalized spacial score (nSPS) is 11.1. The van der Waals surface area contributed by atoms with Gasteiger partial charge in [0.05, 0.1) is 12.3 Å². The molecule has 1 aromatic carbocycles. The van der Waals surface area contributed by atoms with Gasteiger partial charge < -0.3 is 10.1 Å². The van der Waals surface area contributed by atoms with Crippen LogP contribution in [0.4, 0.5) is 0 Å². The number of hydrogen-bond donors (Lipinski definition) is 2. The van der Waals surface area contributed by atoms with E-state index in [0.29, 0.717) is 5.82 Å². The lowest BCUT2D eigenvalue weighted by atomic mass is 10.0. The molecule has 0 aliphatic carbocycles. The smallest absolute Gasteiger partial charge is 0.180 e. The second-order valence-electron chi connectivity index (χ2n) is 7.12. The molecule has 0 aliphatic heterocycles. The zero-order valence-corrected chi connectivity index (χ0v) is 16.4. The van der Waals surface area contributed by atoms with Gasteiger partial charge in [0.2, 0.25) is 0 Å². The quantitative estimate of drug-likeness (QED) is 0.468. The topological polar surface area (TPSA) is 87.6 Å². The molecule has 0 unspecified atom stereocenters. The second-order valence-corrected chi connectivity index (χ2v) is 7.12. The second kappa shape index (κ2) is 7.50. The standard InChI is InChI=1S/C24H19N5O/c1-15-4-2-7-21(27-15)24-28-22(20-8-9-26-23(20)29-24)19-11-18(12-25-13-19)17-6-3-5-16(10-17)14-30/h2-13,30H,14H2,1H3,(H,26,28,29). The zero-order valence-electron chi connectivity index (χ0n) is 16.4.